The first-order valence-corrected chi connectivity index (χ1v) is 6.43. The molecule has 7 heteroatoms. The first kappa shape index (κ1) is 16.6. The van der Waals surface area contributed by atoms with Crippen molar-refractivity contribution in [3.05, 3.63) is 24.0 Å². The standard InChI is InChI=1S/C13H19FN2O3S/c1-13(2,3)19-12(17)16(6-7-18-20)11-5-4-9(15)8-10(11)14/h4-5,8,20H,6-7,15H2,1-3H3. The summed E-state index contributed by atoms with van der Waals surface area (Å²) in [4.78, 5) is 13.3. The normalized spacial score (nSPS) is 11.2. The minimum absolute atomic E-state index is 0.0823. The minimum Gasteiger partial charge on any atom is -0.443 e. The zero-order valence-electron chi connectivity index (χ0n) is 11.7. The first-order chi connectivity index (χ1) is 9.24. The van der Waals surface area contributed by atoms with Crippen molar-refractivity contribution >= 4 is 30.4 Å². The van der Waals surface area contributed by atoms with Crippen LogP contribution in [-0.4, -0.2) is 24.8 Å². The SMILES string of the molecule is CC(C)(C)OC(=O)N(CCOS)c1ccc(N)cc1F. The second kappa shape index (κ2) is 6.81. The molecule has 0 spiro atoms. The molecule has 1 aromatic rings. The lowest BCUT2D eigenvalue weighted by atomic mass is 10.2. The number of amides is 1. The zero-order valence-corrected chi connectivity index (χ0v) is 12.6. The van der Waals surface area contributed by atoms with Gasteiger partial charge in [-0.15, -0.1) is 0 Å². The molecule has 0 radical (unpaired) electrons. The van der Waals surface area contributed by atoms with Gasteiger partial charge in [0.05, 0.1) is 18.8 Å². The topological polar surface area (TPSA) is 64.8 Å². The smallest absolute Gasteiger partial charge is 0.414 e. The average Bonchev–Trinajstić information content (AvgIpc) is 2.29. The molecule has 112 valence electrons. The zero-order chi connectivity index (χ0) is 15.3. The van der Waals surface area contributed by atoms with Gasteiger partial charge < -0.3 is 14.7 Å². The molecule has 0 atom stereocenters. The number of carbonyl (C=O) groups excluding carboxylic acids is 1. The molecular formula is C13H19FN2O3S. The molecule has 0 fully saturated rings. The van der Waals surface area contributed by atoms with E-state index in [0.29, 0.717) is 0 Å². The molecule has 0 aromatic heterocycles. The van der Waals surface area contributed by atoms with Gasteiger partial charge in [0, 0.05) is 5.69 Å². The number of thiol groups is 1. The number of nitrogens with two attached hydrogens (primary N) is 1. The molecule has 0 saturated carbocycles. The van der Waals surface area contributed by atoms with E-state index in [2.05, 4.69) is 17.1 Å². The molecular weight excluding hydrogens is 283 g/mol. The van der Waals surface area contributed by atoms with Gasteiger partial charge in [-0.2, -0.15) is 0 Å². The van der Waals surface area contributed by atoms with Crippen LogP contribution < -0.4 is 10.6 Å². The van der Waals surface area contributed by atoms with Crippen molar-refractivity contribution in [1.82, 2.24) is 0 Å². The van der Waals surface area contributed by atoms with Gasteiger partial charge in [-0.1, -0.05) is 0 Å². The van der Waals surface area contributed by atoms with Gasteiger partial charge in [-0.25, -0.2) is 9.18 Å². The summed E-state index contributed by atoms with van der Waals surface area (Å²) in [5.74, 6) is -0.602. The van der Waals surface area contributed by atoms with E-state index in [4.69, 9.17) is 10.5 Å². The Labute approximate surface area is 123 Å². The van der Waals surface area contributed by atoms with Gasteiger partial charge >= 0.3 is 6.09 Å². The van der Waals surface area contributed by atoms with Crippen LogP contribution in [0.3, 0.4) is 0 Å². The van der Waals surface area contributed by atoms with Gasteiger partial charge in [0.15, 0.2) is 0 Å². The number of ether oxygens (including phenoxy) is 1. The Morgan fingerprint density at radius 1 is 1.45 bits per heavy atom. The monoisotopic (exact) mass is 302 g/mol. The summed E-state index contributed by atoms with van der Waals surface area (Å²) in [5, 5.41) is 0. The molecule has 0 bridgehead atoms. The molecule has 0 heterocycles. The van der Waals surface area contributed by atoms with Gasteiger partial charge in [0.25, 0.3) is 0 Å². The molecule has 0 saturated heterocycles. The van der Waals surface area contributed by atoms with Crippen molar-refractivity contribution in [3.8, 4) is 0 Å². The molecule has 0 aliphatic rings. The summed E-state index contributed by atoms with van der Waals surface area (Å²) in [6.07, 6.45) is -0.661. The van der Waals surface area contributed by atoms with Crippen LogP contribution in [0, 0.1) is 5.82 Å². The Balaban J connectivity index is 3.02. The van der Waals surface area contributed by atoms with Crippen LogP contribution >= 0.6 is 12.9 Å². The molecule has 0 aliphatic heterocycles. The predicted octanol–water partition coefficient (Wildman–Crippen LogP) is 3.01. The molecule has 5 nitrogen and oxygen atoms in total. The lowest BCUT2D eigenvalue weighted by Gasteiger charge is -2.27. The molecule has 1 aromatic carbocycles. The number of hydrogen-bond acceptors (Lipinski definition) is 5. The molecule has 1 amide bonds. The van der Waals surface area contributed by atoms with Gasteiger partial charge in [0.1, 0.15) is 11.4 Å². The Kier molecular flexibility index (Phi) is 5.64. The van der Waals surface area contributed by atoms with Crippen LogP contribution in [0.15, 0.2) is 18.2 Å². The average molecular weight is 302 g/mol. The van der Waals surface area contributed by atoms with Gasteiger partial charge in [0.2, 0.25) is 0 Å². The van der Waals surface area contributed by atoms with Crippen molar-refractivity contribution in [2.45, 2.75) is 26.4 Å². The summed E-state index contributed by atoms with van der Waals surface area (Å²) in [6, 6.07) is 4.08. The van der Waals surface area contributed by atoms with E-state index in [9.17, 15) is 9.18 Å². The second-order valence-electron chi connectivity index (χ2n) is 5.18. The fourth-order valence-corrected chi connectivity index (χ4v) is 1.58. The molecule has 20 heavy (non-hydrogen) atoms. The van der Waals surface area contributed by atoms with Crippen LogP contribution in [0.2, 0.25) is 0 Å². The van der Waals surface area contributed by atoms with E-state index in [-0.39, 0.29) is 24.5 Å². The van der Waals surface area contributed by atoms with E-state index < -0.39 is 17.5 Å². The third-order valence-electron chi connectivity index (χ3n) is 2.28. The van der Waals surface area contributed by atoms with Crippen LogP contribution in [-0.2, 0) is 8.92 Å². The maximum Gasteiger partial charge on any atom is 0.414 e. The Hall–Kier alpha value is -1.47. The van der Waals surface area contributed by atoms with Crippen molar-refractivity contribution in [1.29, 1.82) is 0 Å². The lowest BCUT2D eigenvalue weighted by Crippen LogP contribution is -2.39. The van der Waals surface area contributed by atoms with E-state index in [1.54, 1.807) is 20.8 Å². The quantitative estimate of drug-likeness (QED) is 0.510. The second-order valence-corrected chi connectivity index (χ2v) is 5.43. The largest absolute Gasteiger partial charge is 0.443 e. The van der Waals surface area contributed by atoms with Crippen molar-refractivity contribution in [3.63, 3.8) is 0 Å². The molecule has 0 aliphatic carbocycles. The van der Waals surface area contributed by atoms with E-state index in [0.717, 1.165) is 11.0 Å². The highest BCUT2D eigenvalue weighted by Gasteiger charge is 2.25. The summed E-state index contributed by atoms with van der Waals surface area (Å²) >= 11 is 3.61. The van der Waals surface area contributed by atoms with E-state index in [1.807, 2.05) is 0 Å². The highest BCUT2D eigenvalue weighted by Crippen LogP contribution is 2.23. The number of nitrogen functional groups attached to an aromatic ring is 1. The minimum atomic E-state index is -0.679. The number of rotatable bonds is 4. The number of anilines is 2. The van der Waals surface area contributed by atoms with Crippen LogP contribution in [0.25, 0.3) is 0 Å². The first-order valence-electron chi connectivity index (χ1n) is 6.06. The molecule has 0 unspecified atom stereocenters. The third-order valence-corrected chi connectivity index (χ3v) is 2.47. The third kappa shape index (κ3) is 4.90. The summed E-state index contributed by atoms with van der Waals surface area (Å²) in [7, 11) is 0. The number of hydrogen-bond donors (Lipinski definition) is 2. The van der Waals surface area contributed by atoms with Crippen molar-refractivity contribution < 1.29 is 18.1 Å². The number of carbonyl (C=O) groups is 1. The Morgan fingerprint density at radius 2 is 2.10 bits per heavy atom. The van der Waals surface area contributed by atoms with Gasteiger partial charge in [-0.05, 0) is 51.9 Å². The Morgan fingerprint density at radius 3 is 2.60 bits per heavy atom. The van der Waals surface area contributed by atoms with Crippen molar-refractivity contribution in [2.75, 3.05) is 23.8 Å². The fourth-order valence-electron chi connectivity index (χ4n) is 1.50. The van der Waals surface area contributed by atoms with Gasteiger partial charge in [-0.3, -0.25) is 4.90 Å². The predicted molar refractivity (Wildman–Crippen MR) is 79.3 cm³/mol. The maximum absolute atomic E-state index is 13.9. The highest BCUT2D eigenvalue weighted by atomic mass is 32.1. The van der Waals surface area contributed by atoms with E-state index in [1.165, 1.54) is 12.1 Å². The number of nitrogens with zero attached hydrogens (tertiary/aromatic N) is 1. The molecule has 1 rings (SSSR count). The summed E-state index contributed by atoms with van der Waals surface area (Å²) in [6.45, 7) is 5.44. The van der Waals surface area contributed by atoms with Crippen molar-refractivity contribution in [2.24, 2.45) is 0 Å². The summed E-state index contributed by atoms with van der Waals surface area (Å²) < 4.78 is 23.8. The number of benzene rings is 1. The molecule has 2 N–H and O–H groups in total. The van der Waals surface area contributed by atoms with E-state index >= 15 is 0 Å². The van der Waals surface area contributed by atoms with Crippen LogP contribution in [0.4, 0.5) is 20.6 Å². The lowest BCUT2D eigenvalue weighted by molar-refractivity contribution is 0.0575. The number of halogens is 1. The van der Waals surface area contributed by atoms with Crippen LogP contribution in [0.1, 0.15) is 20.8 Å². The van der Waals surface area contributed by atoms with Crippen LogP contribution in [0.5, 0.6) is 0 Å². The summed E-state index contributed by atoms with van der Waals surface area (Å²) in [5.41, 5.74) is 5.18. The fraction of sp³-hybridized carbons (Fsp3) is 0.462. The Bertz CT molecular complexity index is 477. The highest BCUT2D eigenvalue weighted by molar-refractivity contribution is 7.75. The maximum atomic E-state index is 13.9.